The third-order valence-corrected chi connectivity index (χ3v) is 1.98. The zero-order valence-electron chi connectivity index (χ0n) is 7.92. The van der Waals surface area contributed by atoms with E-state index in [9.17, 15) is 0 Å². The van der Waals surface area contributed by atoms with Crippen LogP contribution in [0.5, 0.6) is 0 Å². The van der Waals surface area contributed by atoms with Crippen LogP contribution >= 0.6 is 0 Å². The molecule has 0 bridgehead atoms. The van der Waals surface area contributed by atoms with E-state index in [1.807, 2.05) is 6.07 Å². The highest BCUT2D eigenvalue weighted by molar-refractivity contribution is 4.81. The van der Waals surface area contributed by atoms with Crippen LogP contribution in [0.4, 0.5) is 0 Å². The molecule has 0 amide bonds. The lowest BCUT2D eigenvalue weighted by Gasteiger charge is -2.01. The number of unbranched alkanes of at least 4 members (excludes halogenated alkanes) is 5. The molecule has 0 aromatic heterocycles. The Morgan fingerprint density at radius 3 is 2.33 bits per heavy atom. The van der Waals surface area contributed by atoms with Crippen molar-refractivity contribution in [1.29, 1.82) is 5.26 Å². The smallest absolute Gasteiger partial charge is 0.140 e. The van der Waals surface area contributed by atoms with Crippen molar-refractivity contribution in [2.75, 3.05) is 0 Å². The molecular weight excluding hydrogens is 150 g/mol. The normalized spacial score (nSPS) is 12.4. The van der Waals surface area contributed by atoms with E-state index in [1.54, 1.807) is 0 Å². The number of nitrogens with zero attached hydrogens (tertiary/aromatic N) is 1. The fourth-order valence-electron chi connectivity index (χ4n) is 1.18. The van der Waals surface area contributed by atoms with Crippen LogP contribution in [0.1, 0.15) is 51.9 Å². The van der Waals surface area contributed by atoms with Gasteiger partial charge in [-0.05, 0) is 12.8 Å². The Morgan fingerprint density at radius 2 is 1.75 bits per heavy atom. The molecule has 0 unspecified atom stereocenters. The van der Waals surface area contributed by atoms with E-state index in [0.29, 0.717) is 6.42 Å². The summed E-state index contributed by atoms with van der Waals surface area (Å²) in [5.41, 5.74) is 0. The minimum atomic E-state index is -0.740. The van der Waals surface area contributed by atoms with Gasteiger partial charge in [-0.15, -0.1) is 0 Å². The number of nitriles is 1. The van der Waals surface area contributed by atoms with E-state index >= 15 is 0 Å². The van der Waals surface area contributed by atoms with E-state index in [0.717, 1.165) is 12.8 Å². The Balaban J connectivity index is 2.96. The average molecular weight is 169 g/mol. The molecule has 0 aliphatic rings. The summed E-state index contributed by atoms with van der Waals surface area (Å²) in [6.07, 6.45) is 7.14. The molecule has 0 aromatic rings. The minimum absolute atomic E-state index is 0.641. The fraction of sp³-hybridized carbons (Fsp3) is 0.900. The third-order valence-electron chi connectivity index (χ3n) is 1.98. The predicted octanol–water partition coefficient (Wildman–Crippen LogP) is 2.62. The van der Waals surface area contributed by atoms with Gasteiger partial charge in [-0.1, -0.05) is 39.0 Å². The standard InChI is InChI=1S/C10H19NO/c1-2-3-4-5-6-7-8-10(12)9-11/h10,12H,2-8H2,1H3/t10-/m1/s1. The largest absolute Gasteiger partial charge is 0.378 e. The molecule has 12 heavy (non-hydrogen) atoms. The lowest BCUT2D eigenvalue weighted by molar-refractivity contribution is 0.215. The summed E-state index contributed by atoms with van der Waals surface area (Å²) in [5, 5.41) is 17.2. The summed E-state index contributed by atoms with van der Waals surface area (Å²) in [6.45, 7) is 2.19. The van der Waals surface area contributed by atoms with E-state index < -0.39 is 6.10 Å². The van der Waals surface area contributed by atoms with Crippen molar-refractivity contribution < 1.29 is 5.11 Å². The van der Waals surface area contributed by atoms with Crippen LogP contribution in [0, 0.1) is 11.3 Å². The Morgan fingerprint density at radius 1 is 1.17 bits per heavy atom. The molecule has 0 aliphatic heterocycles. The molecule has 0 saturated heterocycles. The molecule has 0 fully saturated rings. The van der Waals surface area contributed by atoms with Gasteiger partial charge in [0, 0.05) is 0 Å². The van der Waals surface area contributed by atoms with Crippen molar-refractivity contribution in [3.63, 3.8) is 0 Å². The van der Waals surface area contributed by atoms with Crippen LogP contribution in [0.3, 0.4) is 0 Å². The first-order chi connectivity index (χ1) is 5.81. The van der Waals surface area contributed by atoms with E-state index in [1.165, 1.54) is 25.7 Å². The molecule has 0 heterocycles. The second-order valence-electron chi connectivity index (χ2n) is 3.20. The average Bonchev–Trinajstić information content (AvgIpc) is 2.10. The van der Waals surface area contributed by atoms with Crippen LogP contribution in [0.25, 0.3) is 0 Å². The number of aliphatic hydroxyl groups is 1. The van der Waals surface area contributed by atoms with Gasteiger partial charge in [0.2, 0.25) is 0 Å². The molecule has 0 aromatic carbocycles. The van der Waals surface area contributed by atoms with Crippen molar-refractivity contribution in [2.24, 2.45) is 0 Å². The third kappa shape index (κ3) is 7.56. The first-order valence-corrected chi connectivity index (χ1v) is 4.89. The molecule has 70 valence electrons. The Kier molecular flexibility index (Phi) is 8.15. The number of hydrogen-bond donors (Lipinski definition) is 1. The van der Waals surface area contributed by atoms with Gasteiger partial charge in [-0.3, -0.25) is 0 Å². The fourth-order valence-corrected chi connectivity index (χ4v) is 1.18. The summed E-state index contributed by atoms with van der Waals surface area (Å²) in [7, 11) is 0. The lowest BCUT2D eigenvalue weighted by atomic mass is 10.1. The number of aliphatic hydroxyl groups excluding tert-OH is 1. The number of rotatable bonds is 7. The maximum Gasteiger partial charge on any atom is 0.140 e. The molecule has 0 rings (SSSR count). The van der Waals surface area contributed by atoms with Crippen LogP contribution in [0.2, 0.25) is 0 Å². The molecule has 1 atom stereocenters. The molecule has 1 N–H and O–H groups in total. The lowest BCUT2D eigenvalue weighted by Crippen LogP contribution is -2.01. The van der Waals surface area contributed by atoms with E-state index in [4.69, 9.17) is 10.4 Å². The van der Waals surface area contributed by atoms with Gasteiger partial charge in [0.15, 0.2) is 0 Å². The summed E-state index contributed by atoms with van der Waals surface area (Å²) in [5.74, 6) is 0. The second kappa shape index (κ2) is 8.55. The predicted molar refractivity (Wildman–Crippen MR) is 49.6 cm³/mol. The zero-order chi connectivity index (χ0) is 9.23. The highest BCUT2D eigenvalue weighted by Gasteiger charge is 1.99. The van der Waals surface area contributed by atoms with Gasteiger partial charge >= 0.3 is 0 Å². The van der Waals surface area contributed by atoms with Crippen molar-refractivity contribution in [1.82, 2.24) is 0 Å². The van der Waals surface area contributed by atoms with Gasteiger partial charge < -0.3 is 5.11 Å². The van der Waals surface area contributed by atoms with Gasteiger partial charge in [0.05, 0.1) is 6.07 Å². The number of hydrogen-bond acceptors (Lipinski definition) is 2. The Labute approximate surface area is 75.2 Å². The second-order valence-corrected chi connectivity index (χ2v) is 3.20. The summed E-state index contributed by atoms with van der Waals surface area (Å²) < 4.78 is 0. The van der Waals surface area contributed by atoms with Gasteiger partial charge in [0.1, 0.15) is 6.10 Å². The van der Waals surface area contributed by atoms with Gasteiger partial charge in [0.25, 0.3) is 0 Å². The highest BCUT2D eigenvalue weighted by atomic mass is 16.3. The molecule has 0 aliphatic carbocycles. The topological polar surface area (TPSA) is 44.0 Å². The molecule has 2 heteroatoms. The van der Waals surface area contributed by atoms with Gasteiger partial charge in [-0.2, -0.15) is 5.26 Å². The molecular formula is C10H19NO. The highest BCUT2D eigenvalue weighted by Crippen LogP contribution is 2.07. The maximum absolute atomic E-state index is 8.90. The Bertz CT molecular complexity index is 128. The monoisotopic (exact) mass is 169 g/mol. The first kappa shape index (κ1) is 11.4. The molecule has 0 radical (unpaired) electrons. The summed E-state index contributed by atoms with van der Waals surface area (Å²) >= 11 is 0. The van der Waals surface area contributed by atoms with Crippen molar-refractivity contribution in [2.45, 2.75) is 58.0 Å². The van der Waals surface area contributed by atoms with Crippen LogP contribution in [-0.4, -0.2) is 11.2 Å². The van der Waals surface area contributed by atoms with E-state index in [-0.39, 0.29) is 0 Å². The summed E-state index contributed by atoms with van der Waals surface area (Å²) in [6, 6.07) is 1.82. The molecule has 0 spiro atoms. The zero-order valence-corrected chi connectivity index (χ0v) is 7.92. The SMILES string of the molecule is CCCCCCCC[C@@H](O)C#N. The Hall–Kier alpha value is -0.550. The van der Waals surface area contributed by atoms with Crippen LogP contribution in [-0.2, 0) is 0 Å². The van der Waals surface area contributed by atoms with Gasteiger partial charge in [-0.25, -0.2) is 0 Å². The molecule has 0 saturated carbocycles. The quantitative estimate of drug-likeness (QED) is 0.470. The van der Waals surface area contributed by atoms with Crippen molar-refractivity contribution in [3.8, 4) is 6.07 Å². The minimum Gasteiger partial charge on any atom is -0.378 e. The van der Waals surface area contributed by atoms with Crippen LogP contribution in [0.15, 0.2) is 0 Å². The first-order valence-electron chi connectivity index (χ1n) is 4.89. The van der Waals surface area contributed by atoms with E-state index in [2.05, 4.69) is 6.92 Å². The summed E-state index contributed by atoms with van der Waals surface area (Å²) in [4.78, 5) is 0. The van der Waals surface area contributed by atoms with Crippen molar-refractivity contribution >= 4 is 0 Å². The van der Waals surface area contributed by atoms with Crippen molar-refractivity contribution in [3.05, 3.63) is 0 Å². The molecule has 2 nitrogen and oxygen atoms in total. The maximum atomic E-state index is 8.90. The van der Waals surface area contributed by atoms with Crippen LogP contribution < -0.4 is 0 Å².